The molecule has 6 heteroatoms. The predicted octanol–water partition coefficient (Wildman–Crippen LogP) is 2.16. The summed E-state index contributed by atoms with van der Waals surface area (Å²) in [5, 5.41) is 14.8. The van der Waals surface area contributed by atoms with Crippen LogP contribution in [0.3, 0.4) is 0 Å². The maximum Gasteiger partial charge on any atom is 0.414 e. The molecule has 0 bridgehead atoms. The number of carboxylic acids is 2. The van der Waals surface area contributed by atoms with E-state index in [9.17, 15) is 0 Å². The second-order valence-electron chi connectivity index (χ2n) is 5.69. The first kappa shape index (κ1) is 18.5. The average Bonchev–Trinajstić information content (AvgIpc) is 2.64. The van der Waals surface area contributed by atoms with Gasteiger partial charge in [-0.2, -0.15) is 0 Å². The molecule has 0 aliphatic carbocycles. The average molecular weight is 342 g/mol. The van der Waals surface area contributed by atoms with Crippen molar-refractivity contribution in [3.8, 4) is 0 Å². The Labute approximate surface area is 146 Å². The molecule has 0 saturated carbocycles. The molecule has 1 fully saturated rings. The minimum Gasteiger partial charge on any atom is -0.473 e. The van der Waals surface area contributed by atoms with Crippen LogP contribution in [0.15, 0.2) is 60.7 Å². The molecule has 1 aliphatic rings. The van der Waals surface area contributed by atoms with Gasteiger partial charge in [0, 0.05) is 38.4 Å². The normalized spacial score (nSPS) is 14.3. The van der Waals surface area contributed by atoms with E-state index in [2.05, 4.69) is 70.5 Å². The minimum atomic E-state index is -1.82. The maximum absolute atomic E-state index is 9.10. The predicted molar refractivity (Wildman–Crippen MR) is 95.6 cm³/mol. The van der Waals surface area contributed by atoms with Gasteiger partial charge in [-0.05, 0) is 17.7 Å². The van der Waals surface area contributed by atoms with Crippen LogP contribution >= 0.6 is 0 Å². The van der Waals surface area contributed by atoms with E-state index in [1.165, 1.54) is 11.3 Å². The first-order valence-electron chi connectivity index (χ1n) is 8.09. The first-order valence-corrected chi connectivity index (χ1v) is 8.09. The lowest BCUT2D eigenvalue weighted by Crippen LogP contribution is -2.45. The number of nitrogens with zero attached hydrogens (tertiary/aromatic N) is 2. The highest BCUT2D eigenvalue weighted by molar-refractivity contribution is 6.27. The summed E-state index contributed by atoms with van der Waals surface area (Å²) in [7, 11) is 0. The molecule has 1 aliphatic heterocycles. The van der Waals surface area contributed by atoms with Crippen molar-refractivity contribution in [1.82, 2.24) is 4.90 Å². The highest BCUT2D eigenvalue weighted by Gasteiger charge is 2.16. The number of carbonyl (C=O) groups is 2. The zero-order valence-electron chi connectivity index (χ0n) is 13.9. The van der Waals surface area contributed by atoms with Crippen molar-refractivity contribution >= 4 is 17.6 Å². The van der Waals surface area contributed by atoms with Gasteiger partial charge >= 0.3 is 11.9 Å². The van der Waals surface area contributed by atoms with Gasteiger partial charge in [0.25, 0.3) is 0 Å². The van der Waals surface area contributed by atoms with E-state index in [0.717, 1.165) is 32.7 Å². The molecule has 0 atom stereocenters. The summed E-state index contributed by atoms with van der Waals surface area (Å²) in [6.45, 7) is 5.60. The van der Waals surface area contributed by atoms with Gasteiger partial charge in [0.2, 0.25) is 0 Å². The number of para-hydroxylation sites is 1. The van der Waals surface area contributed by atoms with Crippen molar-refractivity contribution in [2.45, 2.75) is 6.54 Å². The minimum absolute atomic E-state index is 1.07. The number of hydrogen-bond acceptors (Lipinski definition) is 4. The van der Waals surface area contributed by atoms with Gasteiger partial charge in [-0.1, -0.05) is 48.5 Å². The summed E-state index contributed by atoms with van der Waals surface area (Å²) >= 11 is 0. The molecular weight excluding hydrogens is 320 g/mol. The first-order chi connectivity index (χ1) is 12.1. The van der Waals surface area contributed by atoms with E-state index in [0.29, 0.717) is 0 Å². The number of aliphatic carboxylic acids is 2. The van der Waals surface area contributed by atoms with Gasteiger partial charge in [0.1, 0.15) is 0 Å². The van der Waals surface area contributed by atoms with Gasteiger partial charge < -0.3 is 15.1 Å². The lowest BCUT2D eigenvalue weighted by atomic mass is 10.2. The number of rotatable bonds is 3. The zero-order valence-corrected chi connectivity index (χ0v) is 13.9. The summed E-state index contributed by atoms with van der Waals surface area (Å²) in [6.07, 6.45) is 0. The fraction of sp³-hybridized carbons (Fsp3) is 0.263. The standard InChI is InChI=1S/C17H20N2.C2H2O4/c1-3-7-16(8-4-1)15-18-11-13-19(14-12-18)17-9-5-2-6-10-17;3-1(4)2(5)6/h1-10H,11-15H2;(H,3,4)(H,5,6). The van der Waals surface area contributed by atoms with Crippen LogP contribution in [0.4, 0.5) is 5.69 Å². The van der Waals surface area contributed by atoms with Crippen molar-refractivity contribution in [3.63, 3.8) is 0 Å². The van der Waals surface area contributed by atoms with Gasteiger partial charge in [-0.15, -0.1) is 0 Å². The fourth-order valence-corrected chi connectivity index (χ4v) is 2.64. The van der Waals surface area contributed by atoms with Crippen LogP contribution in [-0.4, -0.2) is 53.2 Å². The molecule has 0 spiro atoms. The Morgan fingerprint density at radius 3 is 1.72 bits per heavy atom. The smallest absolute Gasteiger partial charge is 0.414 e. The second-order valence-corrected chi connectivity index (χ2v) is 5.69. The third-order valence-corrected chi connectivity index (χ3v) is 3.93. The Kier molecular flexibility index (Phi) is 6.98. The van der Waals surface area contributed by atoms with E-state index in [1.54, 1.807) is 0 Å². The molecular formula is C19H22N2O4. The van der Waals surface area contributed by atoms with Gasteiger partial charge in [0.05, 0.1) is 0 Å². The van der Waals surface area contributed by atoms with Crippen molar-refractivity contribution in [2.75, 3.05) is 31.1 Å². The molecule has 1 saturated heterocycles. The second kappa shape index (κ2) is 9.44. The maximum atomic E-state index is 9.10. The summed E-state index contributed by atoms with van der Waals surface area (Å²) in [6, 6.07) is 21.5. The van der Waals surface area contributed by atoms with Crippen LogP contribution < -0.4 is 4.90 Å². The van der Waals surface area contributed by atoms with Crippen LogP contribution in [-0.2, 0) is 16.1 Å². The van der Waals surface area contributed by atoms with E-state index in [1.807, 2.05) is 0 Å². The van der Waals surface area contributed by atoms with Crippen LogP contribution in [0.1, 0.15) is 5.56 Å². The van der Waals surface area contributed by atoms with E-state index in [-0.39, 0.29) is 0 Å². The Morgan fingerprint density at radius 1 is 0.760 bits per heavy atom. The Morgan fingerprint density at radius 2 is 1.24 bits per heavy atom. The summed E-state index contributed by atoms with van der Waals surface area (Å²) in [5.74, 6) is -3.65. The van der Waals surface area contributed by atoms with Crippen LogP contribution in [0.2, 0.25) is 0 Å². The van der Waals surface area contributed by atoms with E-state index >= 15 is 0 Å². The number of hydrogen-bond donors (Lipinski definition) is 2. The highest BCUT2D eigenvalue weighted by Crippen LogP contribution is 2.16. The number of benzene rings is 2. The molecule has 0 aromatic heterocycles. The van der Waals surface area contributed by atoms with Gasteiger partial charge in [-0.3, -0.25) is 4.90 Å². The lowest BCUT2D eigenvalue weighted by Gasteiger charge is -2.36. The molecule has 0 amide bonds. The van der Waals surface area contributed by atoms with Crippen LogP contribution in [0, 0.1) is 0 Å². The molecule has 0 unspecified atom stereocenters. The highest BCUT2D eigenvalue weighted by atomic mass is 16.4. The monoisotopic (exact) mass is 342 g/mol. The molecule has 6 nitrogen and oxygen atoms in total. The number of piperazine rings is 1. The molecule has 2 aromatic carbocycles. The SMILES string of the molecule is O=C(O)C(=O)O.c1ccc(CN2CCN(c3ccccc3)CC2)cc1. The Hall–Kier alpha value is -2.86. The molecule has 2 N–H and O–H groups in total. The topological polar surface area (TPSA) is 81.1 Å². The van der Waals surface area contributed by atoms with Crippen molar-refractivity contribution in [3.05, 3.63) is 66.2 Å². The fourth-order valence-electron chi connectivity index (χ4n) is 2.64. The van der Waals surface area contributed by atoms with Gasteiger partial charge in [0.15, 0.2) is 0 Å². The summed E-state index contributed by atoms with van der Waals surface area (Å²) in [4.78, 5) is 23.2. The molecule has 132 valence electrons. The Bertz CT molecular complexity index is 656. The van der Waals surface area contributed by atoms with E-state index in [4.69, 9.17) is 19.8 Å². The van der Waals surface area contributed by atoms with Crippen molar-refractivity contribution in [2.24, 2.45) is 0 Å². The molecule has 2 aromatic rings. The largest absolute Gasteiger partial charge is 0.473 e. The van der Waals surface area contributed by atoms with E-state index < -0.39 is 11.9 Å². The van der Waals surface area contributed by atoms with Crippen LogP contribution in [0.5, 0.6) is 0 Å². The quantitative estimate of drug-likeness (QED) is 0.832. The summed E-state index contributed by atoms with van der Waals surface area (Å²) < 4.78 is 0. The molecule has 1 heterocycles. The van der Waals surface area contributed by atoms with Crippen LogP contribution in [0.25, 0.3) is 0 Å². The van der Waals surface area contributed by atoms with Gasteiger partial charge in [-0.25, -0.2) is 9.59 Å². The molecule has 0 radical (unpaired) electrons. The summed E-state index contributed by atoms with van der Waals surface area (Å²) in [5.41, 5.74) is 2.76. The molecule has 25 heavy (non-hydrogen) atoms. The molecule has 3 rings (SSSR count). The number of carboxylic acid groups (broad SMARTS) is 2. The lowest BCUT2D eigenvalue weighted by molar-refractivity contribution is -0.159. The Balaban J connectivity index is 0.000000326. The zero-order chi connectivity index (χ0) is 18.1. The van der Waals surface area contributed by atoms with Crippen molar-refractivity contribution in [1.29, 1.82) is 0 Å². The third kappa shape index (κ3) is 6.27. The van der Waals surface area contributed by atoms with Crippen molar-refractivity contribution < 1.29 is 19.8 Å². The third-order valence-electron chi connectivity index (χ3n) is 3.93. The number of anilines is 1.